The van der Waals surface area contributed by atoms with Crippen molar-refractivity contribution < 1.29 is 17.5 Å². The van der Waals surface area contributed by atoms with E-state index in [0.29, 0.717) is 45.0 Å². The number of aryl methyl sites for hydroxylation is 1. The first-order chi connectivity index (χ1) is 22.5. The smallest absolute Gasteiger partial charge is 0.229 e. The van der Waals surface area contributed by atoms with Crippen LogP contribution in [-0.4, -0.2) is 110 Å². The molecule has 0 amide bonds. The van der Waals surface area contributed by atoms with Crippen LogP contribution in [0.15, 0.2) is 47.3 Å². The van der Waals surface area contributed by atoms with Crippen molar-refractivity contribution in [1.29, 1.82) is 0 Å². The number of halogens is 2. The first-order valence-electron chi connectivity index (χ1n) is 15.3. The van der Waals surface area contributed by atoms with E-state index in [1.54, 1.807) is 25.4 Å². The maximum Gasteiger partial charge on any atom is 0.229 e. The molecule has 2 aromatic carbocycles. The van der Waals surface area contributed by atoms with Gasteiger partial charge in [-0.1, -0.05) is 0 Å². The van der Waals surface area contributed by atoms with E-state index in [1.165, 1.54) is 12.4 Å². The van der Waals surface area contributed by atoms with Gasteiger partial charge in [-0.05, 0) is 60.1 Å². The number of alkyl halides is 1. The number of piperidine rings is 1. The molecule has 2 aliphatic heterocycles. The first kappa shape index (κ1) is 33.1. The van der Waals surface area contributed by atoms with Crippen molar-refractivity contribution in [2.45, 2.75) is 25.6 Å². The Bertz CT molecular complexity index is 1880. The van der Waals surface area contributed by atoms with Crippen LogP contribution >= 0.6 is 15.9 Å². The van der Waals surface area contributed by atoms with Gasteiger partial charge < -0.3 is 25.2 Å². The monoisotopic (exact) mass is 728 g/mol. The normalized spacial score (nSPS) is 19.5. The summed E-state index contributed by atoms with van der Waals surface area (Å²) < 4.78 is 48.8. The highest BCUT2D eigenvalue weighted by atomic mass is 79.9. The number of methoxy groups -OCH3 is 1. The van der Waals surface area contributed by atoms with Crippen molar-refractivity contribution in [2.24, 2.45) is 0 Å². The summed E-state index contributed by atoms with van der Waals surface area (Å²) in [4.78, 5) is 24.4. The van der Waals surface area contributed by atoms with Gasteiger partial charge in [0.2, 0.25) is 16.0 Å². The molecule has 16 heteroatoms. The number of ether oxygens (including phenoxy) is 1. The van der Waals surface area contributed by atoms with Gasteiger partial charge in [0, 0.05) is 69.1 Å². The van der Waals surface area contributed by atoms with Crippen molar-refractivity contribution in [3.05, 3.63) is 52.9 Å². The Kier molecular flexibility index (Phi) is 9.64. The van der Waals surface area contributed by atoms with Gasteiger partial charge in [0.25, 0.3) is 0 Å². The lowest BCUT2D eigenvalue weighted by Gasteiger charge is -2.44. The molecule has 2 fully saturated rings. The lowest BCUT2D eigenvalue weighted by Crippen LogP contribution is -2.57. The van der Waals surface area contributed by atoms with Crippen LogP contribution in [-0.2, 0) is 10.0 Å². The number of hydrogen-bond donors (Lipinski definition) is 3. The zero-order valence-corrected chi connectivity index (χ0v) is 29.1. The van der Waals surface area contributed by atoms with Crippen LogP contribution in [0.4, 0.5) is 38.9 Å². The minimum Gasteiger partial charge on any atom is -0.494 e. The number of sulfonamides is 1. The quantitative estimate of drug-likeness (QED) is 0.223. The fraction of sp³-hybridized carbons (Fsp3) is 0.419. The highest BCUT2D eigenvalue weighted by molar-refractivity contribution is 9.10. The van der Waals surface area contributed by atoms with Crippen molar-refractivity contribution in [3.63, 3.8) is 0 Å². The van der Waals surface area contributed by atoms with E-state index in [4.69, 9.17) is 4.74 Å². The number of likely N-dealkylation sites (N-methyl/N-ethyl adjacent to an activating group) is 1. The molecule has 0 unspecified atom stereocenters. The number of rotatable bonds is 9. The van der Waals surface area contributed by atoms with Gasteiger partial charge in [-0.15, -0.1) is 0 Å². The van der Waals surface area contributed by atoms with Crippen LogP contribution in [0, 0.1) is 6.92 Å². The molecular formula is C31H38BrFN10O3S. The van der Waals surface area contributed by atoms with Crippen molar-refractivity contribution in [1.82, 2.24) is 29.7 Å². The zero-order valence-electron chi connectivity index (χ0n) is 26.7. The molecule has 0 radical (unpaired) electrons. The predicted molar refractivity (Wildman–Crippen MR) is 187 cm³/mol. The van der Waals surface area contributed by atoms with E-state index in [1.807, 2.05) is 19.1 Å². The summed E-state index contributed by atoms with van der Waals surface area (Å²) >= 11 is 3.49. The number of fused-ring (bicyclic) bond motifs is 1. The molecule has 4 aromatic rings. The van der Waals surface area contributed by atoms with E-state index < -0.39 is 16.2 Å². The summed E-state index contributed by atoms with van der Waals surface area (Å²) in [6, 6.07) is 7.26. The Morgan fingerprint density at radius 1 is 1.02 bits per heavy atom. The van der Waals surface area contributed by atoms with Crippen LogP contribution in [0.25, 0.3) is 11.0 Å². The SMILES string of the molecule is COc1cc(N2CC[C@@H](N3CCN(C)CC3)[C@H](F)C2)c(C)cc1Nc1ncc(Br)c(Nc2ccc3nccnc3c2NS(C)(=O)=O)n1. The van der Waals surface area contributed by atoms with Crippen LogP contribution in [0.3, 0.4) is 0 Å². The lowest BCUT2D eigenvalue weighted by molar-refractivity contribution is 0.0532. The van der Waals surface area contributed by atoms with Crippen molar-refractivity contribution >= 4 is 71.5 Å². The van der Waals surface area contributed by atoms with Gasteiger partial charge in [0.15, 0.2) is 0 Å². The molecule has 4 heterocycles. The van der Waals surface area contributed by atoms with Crippen LogP contribution in [0.1, 0.15) is 12.0 Å². The Morgan fingerprint density at radius 3 is 2.51 bits per heavy atom. The number of nitrogens with one attached hydrogen (secondary N) is 3. The number of benzene rings is 2. The summed E-state index contributed by atoms with van der Waals surface area (Å²) in [5.74, 6) is 1.22. The predicted octanol–water partition coefficient (Wildman–Crippen LogP) is 4.52. The summed E-state index contributed by atoms with van der Waals surface area (Å²) in [6.45, 7) is 6.83. The van der Waals surface area contributed by atoms with E-state index >= 15 is 4.39 Å². The topological polar surface area (TPSA) is 141 Å². The molecule has 2 atom stereocenters. The molecule has 0 spiro atoms. The maximum absolute atomic E-state index is 15.5. The second kappa shape index (κ2) is 13.7. The zero-order chi connectivity index (χ0) is 33.3. The van der Waals surface area contributed by atoms with Gasteiger partial charge >= 0.3 is 0 Å². The molecule has 0 aliphatic carbocycles. The minimum absolute atomic E-state index is 0.0544. The Balaban J connectivity index is 1.22. The van der Waals surface area contributed by atoms with Crippen molar-refractivity contribution in [3.8, 4) is 5.75 Å². The average molecular weight is 730 g/mol. The fourth-order valence-corrected chi connectivity index (χ4v) is 7.02. The molecule has 250 valence electrons. The number of aromatic nitrogens is 4. The van der Waals surface area contributed by atoms with Crippen LogP contribution in [0.5, 0.6) is 5.75 Å². The fourth-order valence-electron chi connectivity index (χ4n) is 6.15. The molecule has 0 saturated carbocycles. The minimum atomic E-state index is -3.64. The molecule has 3 N–H and O–H groups in total. The average Bonchev–Trinajstić information content (AvgIpc) is 3.04. The molecular weight excluding hydrogens is 691 g/mol. The van der Waals surface area contributed by atoms with Crippen LogP contribution < -0.4 is 25.0 Å². The van der Waals surface area contributed by atoms with Crippen molar-refractivity contribution in [2.75, 3.05) is 79.9 Å². The number of anilines is 6. The highest BCUT2D eigenvalue weighted by Crippen LogP contribution is 2.38. The number of piperazine rings is 1. The maximum atomic E-state index is 15.5. The lowest BCUT2D eigenvalue weighted by atomic mass is 9.98. The van der Waals surface area contributed by atoms with E-state index in [2.05, 4.69) is 73.0 Å². The molecule has 47 heavy (non-hydrogen) atoms. The van der Waals surface area contributed by atoms with E-state index in [9.17, 15) is 8.42 Å². The molecule has 2 saturated heterocycles. The molecule has 6 rings (SSSR count). The third-order valence-corrected chi connectivity index (χ3v) is 9.70. The first-order valence-corrected chi connectivity index (χ1v) is 18.0. The van der Waals surface area contributed by atoms with E-state index in [-0.39, 0.29) is 17.7 Å². The standard InChI is InChI=1S/C31H38BrFN10O3S/c1-19-15-24(27(46-3)16-26(19)43-10-7-25(21(33)18-43)42-13-11-41(2)12-14-42)38-31-36-17-20(32)30(39-31)37-23-6-5-22-28(35-9-8-34-22)29(23)40-47(4,44)45/h5-6,8-9,15-17,21,25,40H,7,10-14,18H2,1-4H3,(H2,36,37,38,39)/t21-,25-/m1/s1. The Labute approximate surface area is 282 Å². The summed E-state index contributed by atoms with van der Waals surface area (Å²) in [5.41, 5.74) is 4.11. The second-order valence-electron chi connectivity index (χ2n) is 11.9. The van der Waals surface area contributed by atoms with Gasteiger partial charge in [0.1, 0.15) is 23.3 Å². The third-order valence-electron chi connectivity index (χ3n) is 8.54. The highest BCUT2D eigenvalue weighted by Gasteiger charge is 2.35. The Hall–Kier alpha value is -3.86. The largest absolute Gasteiger partial charge is 0.494 e. The molecule has 2 aromatic heterocycles. The third kappa shape index (κ3) is 7.50. The second-order valence-corrected chi connectivity index (χ2v) is 14.5. The number of hydrogen-bond acceptors (Lipinski definition) is 12. The molecule has 13 nitrogen and oxygen atoms in total. The summed E-state index contributed by atoms with van der Waals surface area (Å²) in [5, 5.41) is 6.44. The Morgan fingerprint density at radius 2 is 1.79 bits per heavy atom. The summed E-state index contributed by atoms with van der Waals surface area (Å²) in [6.07, 6.45) is 5.51. The summed E-state index contributed by atoms with van der Waals surface area (Å²) in [7, 11) is 0.0638. The molecule has 0 bridgehead atoms. The number of nitrogens with zero attached hydrogens (tertiary/aromatic N) is 7. The van der Waals surface area contributed by atoms with Gasteiger partial charge in [0.05, 0.1) is 47.0 Å². The molecule has 2 aliphatic rings. The van der Waals surface area contributed by atoms with Gasteiger partial charge in [-0.2, -0.15) is 4.98 Å². The van der Waals surface area contributed by atoms with Gasteiger partial charge in [-0.3, -0.25) is 19.6 Å². The van der Waals surface area contributed by atoms with Gasteiger partial charge in [-0.25, -0.2) is 17.8 Å². The van der Waals surface area contributed by atoms with E-state index in [0.717, 1.165) is 56.7 Å². The van der Waals surface area contributed by atoms with Crippen LogP contribution in [0.2, 0.25) is 0 Å².